The fraction of sp³-hybridized carbons (Fsp3) is 0.650. The van der Waals surface area contributed by atoms with Gasteiger partial charge in [0.1, 0.15) is 0 Å². The third-order valence-corrected chi connectivity index (χ3v) is 5.56. The van der Waals surface area contributed by atoms with Crippen LogP contribution in [0, 0.1) is 12.8 Å². The number of hydrogen-bond acceptors (Lipinski definition) is 3. The molecule has 1 aliphatic heterocycles. The number of carbonyl (C=O) groups is 1. The van der Waals surface area contributed by atoms with Gasteiger partial charge in [0.25, 0.3) is 0 Å². The second-order valence-electron chi connectivity index (χ2n) is 7.65. The first-order valence-corrected chi connectivity index (χ1v) is 9.60. The monoisotopic (exact) mass is 345 g/mol. The second kappa shape index (κ2) is 8.68. The predicted molar refractivity (Wildman–Crippen MR) is 99.4 cm³/mol. The first-order chi connectivity index (χ1) is 12.1. The Morgan fingerprint density at radius 1 is 1.24 bits per heavy atom. The van der Waals surface area contributed by atoms with Crippen LogP contribution >= 0.6 is 0 Å². The van der Waals surface area contributed by atoms with Gasteiger partial charge < -0.3 is 15.7 Å². The number of urea groups is 1. The Balaban J connectivity index is 1.35. The zero-order chi connectivity index (χ0) is 17.6. The molecular formula is C20H31N3O2. The Labute approximate surface area is 150 Å². The van der Waals surface area contributed by atoms with Gasteiger partial charge in [0, 0.05) is 38.1 Å². The van der Waals surface area contributed by atoms with Crippen LogP contribution in [0.5, 0.6) is 0 Å². The molecule has 2 fully saturated rings. The average Bonchev–Trinajstić information content (AvgIpc) is 3.00. The summed E-state index contributed by atoms with van der Waals surface area (Å²) in [6.07, 6.45) is 4.68. The van der Waals surface area contributed by atoms with Gasteiger partial charge in [-0.15, -0.1) is 0 Å². The van der Waals surface area contributed by atoms with E-state index < -0.39 is 0 Å². The van der Waals surface area contributed by atoms with Crippen molar-refractivity contribution >= 4 is 6.03 Å². The van der Waals surface area contributed by atoms with Crippen LogP contribution in [0.25, 0.3) is 0 Å². The third-order valence-electron chi connectivity index (χ3n) is 5.56. The summed E-state index contributed by atoms with van der Waals surface area (Å²) in [6, 6.07) is 8.84. The van der Waals surface area contributed by atoms with Gasteiger partial charge in [0.15, 0.2) is 0 Å². The molecule has 5 heteroatoms. The number of benzene rings is 1. The summed E-state index contributed by atoms with van der Waals surface area (Å²) in [7, 11) is 0. The number of likely N-dealkylation sites (tertiary alicyclic amines) is 1. The first-order valence-electron chi connectivity index (χ1n) is 9.60. The maximum Gasteiger partial charge on any atom is 0.315 e. The van der Waals surface area contributed by atoms with Gasteiger partial charge in [-0.2, -0.15) is 0 Å². The fourth-order valence-corrected chi connectivity index (χ4v) is 4.02. The Hall–Kier alpha value is -1.59. The Morgan fingerprint density at radius 3 is 2.72 bits per heavy atom. The van der Waals surface area contributed by atoms with Gasteiger partial charge in [-0.3, -0.25) is 4.90 Å². The highest BCUT2D eigenvalue weighted by atomic mass is 16.3. The quantitative estimate of drug-likeness (QED) is 0.768. The van der Waals surface area contributed by atoms with E-state index in [9.17, 15) is 9.90 Å². The molecule has 0 bridgehead atoms. The number of aliphatic hydroxyl groups is 1. The minimum absolute atomic E-state index is 0.0868. The van der Waals surface area contributed by atoms with Crippen molar-refractivity contribution in [2.75, 3.05) is 19.6 Å². The molecule has 1 aromatic rings. The Kier molecular flexibility index (Phi) is 6.32. The first kappa shape index (κ1) is 18.2. The van der Waals surface area contributed by atoms with Crippen molar-refractivity contribution in [2.45, 2.75) is 57.7 Å². The lowest BCUT2D eigenvalue weighted by molar-refractivity contribution is 0.132. The van der Waals surface area contributed by atoms with E-state index in [1.54, 1.807) is 0 Å². The molecule has 5 nitrogen and oxygen atoms in total. The van der Waals surface area contributed by atoms with Crippen molar-refractivity contribution in [3.8, 4) is 0 Å². The molecule has 0 aromatic heterocycles. The van der Waals surface area contributed by atoms with Gasteiger partial charge >= 0.3 is 6.03 Å². The highest BCUT2D eigenvalue weighted by Crippen LogP contribution is 2.24. The summed E-state index contributed by atoms with van der Waals surface area (Å²) in [5, 5.41) is 15.8. The molecule has 2 atom stereocenters. The minimum atomic E-state index is -0.245. The highest BCUT2D eigenvalue weighted by Gasteiger charge is 2.26. The van der Waals surface area contributed by atoms with Crippen molar-refractivity contribution in [1.29, 1.82) is 0 Å². The van der Waals surface area contributed by atoms with Gasteiger partial charge in [0.2, 0.25) is 0 Å². The SMILES string of the molecule is Cc1cccc(CN2CCC(NC(=O)NC[C@H]3CCC[C@@H]3O)CC2)c1. The summed E-state index contributed by atoms with van der Waals surface area (Å²) in [5.41, 5.74) is 2.66. The molecule has 1 aromatic carbocycles. The van der Waals surface area contributed by atoms with E-state index >= 15 is 0 Å². The van der Waals surface area contributed by atoms with Crippen molar-refractivity contribution in [1.82, 2.24) is 15.5 Å². The van der Waals surface area contributed by atoms with Gasteiger partial charge in [0.05, 0.1) is 6.10 Å². The fourth-order valence-electron chi connectivity index (χ4n) is 4.02. The van der Waals surface area contributed by atoms with Crippen molar-refractivity contribution in [3.63, 3.8) is 0 Å². The maximum absolute atomic E-state index is 12.1. The minimum Gasteiger partial charge on any atom is -0.393 e. The maximum atomic E-state index is 12.1. The number of aliphatic hydroxyl groups excluding tert-OH is 1. The third kappa shape index (κ3) is 5.44. The number of rotatable bonds is 5. The zero-order valence-electron chi connectivity index (χ0n) is 15.2. The Bertz CT molecular complexity index is 570. The number of nitrogens with zero attached hydrogens (tertiary/aromatic N) is 1. The van der Waals surface area contributed by atoms with E-state index in [4.69, 9.17) is 0 Å². The second-order valence-corrected chi connectivity index (χ2v) is 7.65. The van der Waals surface area contributed by atoms with Crippen LogP contribution in [-0.4, -0.2) is 47.8 Å². The number of aryl methyl sites for hydroxylation is 1. The van der Waals surface area contributed by atoms with E-state index in [1.807, 2.05) is 0 Å². The molecule has 2 aliphatic rings. The summed E-state index contributed by atoms with van der Waals surface area (Å²) < 4.78 is 0. The molecular weight excluding hydrogens is 314 g/mol. The van der Waals surface area contributed by atoms with Gasteiger partial charge in [-0.05, 0) is 38.2 Å². The molecule has 0 radical (unpaired) electrons. The van der Waals surface area contributed by atoms with E-state index in [0.29, 0.717) is 6.54 Å². The van der Waals surface area contributed by atoms with Crippen LogP contribution in [0.1, 0.15) is 43.2 Å². The van der Waals surface area contributed by atoms with Crippen molar-refractivity contribution < 1.29 is 9.90 Å². The van der Waals surface area contributed by atoms with Crippen LogP contribution in [0.15, 0.2) is 24.3 Å². The molecule has 0 spiro atoms. The normalized spacial score (nSPS) is 25.0. The highest BCUT2D eigenvalue weighted by molar-refractivity contribution is 5.74. The lowest BCUT2D eigenvalue weighted by Gasteiger charge is -2.32. The summed E-state index contributed by atoms with van der Waals surface area (Å²) in [6.45, 7) is 5.72. The van der Waals surface area contributed by atoms with E-state index in [0.717, 1.165) is 51.7 Å². The van der Waals surface area contributed by atoms with Gasteiger partial charge in [-0.25, -0.2) is 4.79 Å². The number of nitrogens with one attached hydrogen (secondary N) is 2. The number of piperidine rings is 1. The Morgan fingerprint density at radius 2 is 2.04 bits per heavy atom. The van der Waals surface area contributed by atoms with Crippen LogP contribution in [0.2, 0.25) is 0 Å². The molecule has 1 aliphatic carbocycles. The lowest BCUT2D eigenvalue weighted by Crippen LogP contribution is -2.48. The standard InChI is InChI=1S/C20H31N3O2/c1-15-4-2-5-16(12-15)14-23-10-8-18(9-11-23)22-20(25)21-13-17-6-3-7-19(17)24/h2,4-5,12,17-19,24H,3,6-11,13-14H2,1H3,(H2,21,22,25)/t17-,19+/m1/s1. The molecule has 1 saturated carbocycles. The van der Waals surface area contributed by atoms with Crippen LogP contribution in [0.4, 0.5) is 4.79 Å². The van der Waals surface area contributed by atoms with Crippen LogP contribution < -0.4 is 10.6 Å². The molecule has 3 rings (SSSR count). The van der Waals surface area contributed by atoms with E-state index in [-0.39, 0.29) is 24.1 Å². The number of hydrogen-bond donors (Lipinski definition) is 3. The molecule has 25 heavy (non-hydrogen) atoms. The zero-order valence-corrected chi connectivity index (χ0v) is 15.2. The largest absolute Gasteiger partial charge is 0.393 e. The molecule has 1 heterocycles. The lowest BCUT2D eigenvalue weighted by atomic mass is 10.0. The number of amides is 2. The summed E-state index contributed by atoms with van der Waals surface area (Å²) >= 11 is 0. The smallest absolute Gasteiger partial charge is 0.315 e. The molecule has 138 valence electrons. The van der Waals surface area contributed by atoms with Crippen molar-refractivity contribution in [3.05, 3.63) is 35.4 Å². The molecule has 0 unspecified atom stereocenters. The average molecular weight is 345 g/mol. The van der Waals surface area contributed by atoms with Crippen molar-refractivity contribution in [2.24, 2.45) is 5.92 Å². The molecule has 1 saturated heterocycles. The summed E-state index contributed by atoms with van der Waals surface area (Å²) in [4.78, 5) is 14.5. The van der Waals surface area contributed by atoms with Crippen LogP contribution in [0.3, 0.4) is 0 Å². The molecule has 2 amide bonds. The molecule has 3 N–H and O–H groups in total. The number of carbonyl (C=O) groups excluding carboxylic acids is 1. The summed E-state index contributed by atoms with van der Waals surface area (Å²) in [5.74, 6) is 0.224. The van der Waals surface area contributed by atoms with Gasteiger partial charge in [-0.1, -0.05) is 36.2 Å². The van der Waals surface area contributed by atoms with Crippen LogP contribution in [-0.2, 0) is 6.54 Å². The topological polar surface area (TPSA) is 64.6 Å². The predicted octanol–water partition coefficient (Wildman–Crippen LogP) is 2.42. The van der Waals surface area contributed by atoms with E-state index in [2.05, 4.69) is 46.7 Å². The van der Waals surface area contributed by atoms with E-state index in [1.165, 1.54) is 11.1 Å².